The van der Waals surface area contributed by atoms with Gasteiger partial charge in [0.2, 0.25) is 5.91 Å². The minimum atomic E-state index is -0.620. The summed E-state index contributed by atoms with van der Waals surface area (Å²) in [6.45, 7) is 3.35. The first-order chi connectivity index (χ1) is 12.2. The first-order valence-electron chi connectivity index (χ1n) is 9.00. The minimum Gasteiger partial charge on any atom is -0.467 e. The maximum absolute atomic E-state index is 12.3. The molecule has 5 nitrogen and oxygen atoms in total. The van der Waals surface area contributed by atoms with E-state index in [1.54, 1.807) is 18.4 Å². The number of carbonyl (C=O) groups is 1. The zero-order chi connectivity index (χ0) is 17.6. The molecule has 1 saturated heterocycles. The van der Waals surface area contributed by atoms with Crippen LogP contribution in [0.5, 0.6) is 0 Å². The third-order valence-corrected chi connectivity index (χ3v) is 4.86. The van der Waals surface area contributed by atoms with Crippen LogP contribution >= 0.6 is 0 Å². The molecular formula is C20H26N2O3. The van der Waals surface area contributed by atoms with Gasteiger partial charge in [0.25, 0.3) is 0 Å². The van der Waals surface area contributed by atoms with Crippen molar-refractivity contribution in [3.8, 4) is 0 Å². The number of furan rings is 1. The van der Waals surface area contributed by atoms with Gasteiger partial charge in [-0.05, 0) is 62.1 Å². The van der Waals surface area contributed by atoms with E-state index in [9.17, 15) is 9.90 Å². The lowest BCUT2D eigenvalue weighted by molar-refractivity contribution is -0.117. The summed E-state index contributed by atoms with van der Waals surface area (Å²) in [7, 11) is 0. The number of aliphatic hydroxyl groups excluding tert-OH is 1. The fraction of sp³-hybridized carbons (Fsp3) is 0.450. The van der Waals surface area contributed by atoms with E-state index in [0.29, 0.717) is 18.7 Å². The van der Waals surface area contributed by atoms with Gasteiger partial charge in [-0.3, -0.25) is 9.69 Å². The quantitative estimate of drug-likeness (QED) is 0.810. The summed E-state index contributed by atoms with van der Waals surface area (Å²) in [5, 5.41) is 13.2. The Hall–Kier alpha value is -2.11. The van der Waals surface area contributed by atoms with Crippen LogP contribution in [-0.4, -0.2) is 35.0 Å². The molecule has 0 aliphatic carbocycles. The molecule has 2 N–H and O–H groups in total. The fourth-order valence-electron chi connectivity index (χ4n) is 3.43. The number of carbonyl (C=O) groups excluding carboxylic acids is 1. The van der Waals surface area contributed by atoms with E-state index in [0.717, 1.165) is 31.5 Å². The molecule has 1 amide bonds. The first kappa shape index (κ1) is 17.7. The molecule has 1 fully saturated rings. The summed E-state index contributed by atoms with van der Waals surface area (Å²) in [6.07, 6.45) is 4.57. The van der Waals surface area contributed by atoms with Crippen LogP contribution in [0.25, 0.3) is 0 Å². The minimum absolute atomic E-state index is 0.0105. The number of anilines is 1. The standard InChI is InChI=1S/C20H26N2O3/c1-2-15-7-9-16(10-8-15)21-20(24)14-22-11-3-5-17(22)13-18(23)19-6-4-12-25-19/h4,6-10,12,17-18,23H,2-3,5,11,13-14H2,1H3,(H,21,24). The van der Waals surface area contributed by atoms with Crippen molar-refractivity contribution in [2.75, 3.05) is 18.4 Å². The molecule has 0 radical (unpaired) electrons. The number of benzene rings is 1. The molecule has 2 aromatic rings. The van der Waals surface area contributed by atoms with Crippen LogP contribution in [0.15, 0.2) is 47.1 Å². The van der Waals surface area contributed by atoms with Crippen LogP contribution < -0.4 is 5.32 Å². The number of hydrogen-bond acceptors (Lipinski definition) is 4. The molecule has 134 valence electrons. The summed E-state index contributed by atoms with van der Waals surface area (Å²) in [5.41, 5.74) is 2.08. The molecule has 3 rings (SSSR count). The van der Waals surface area contributed by atoms with Crippen molar-refractivity contribution in [3.63, 3.8) is 0 Å². The molecule has 0 bridgehead atoms. The highest BCUT2D eigenvalue weighted by Crippen LogP contribution is 2.27. The van der Waals surface area contributed by atoms with E-state index in [-0.39, 0.29) is 11.9 Å². The molecule has 1 aliphatic heterocycles. The normalized spacial score (nSPS) is 19.0. The molecule has 1 aliphatic rings. The van der Waals surface area contributed by atoms with Crippen LogP contribution in [-0.2, 0) is 11.2 Å². The highest BCUT2D eigenvalue weighted by molar-refractivity contribution is 5.92. The number of nitrogens with one attached hydrogen (secondary N) is 1. The molecule has 5 heteroatoms. The Kier molecular flexibility index (Phi) is 5.89. The zero-order valence-electron chi connectivity index (χ0n) is 14.6. The van der Waals surface area contributed by atoms with Crippen molar-refractivity contribution in [2.24, 2.45) is 0 Å². The monoisotopic (exact) mass is 342 g/mol. The highest BCUT2D eigenvalue weighted by Gasteiger charge is 2.29. The van der Waals surface area contributed by atoms with E-state index in [4.69, 9.17) is 4.42 Å². The number of aliphatic hydroxyl groups is 1. The van der Waals surface area contributed by atoms with Crippen LogP contribution in [0.4, 0.5) is 5.69 Å². The summed E-state index contributed by atoms with van der Waals surface area (Å²) < 4.78 is 5.27. The third-order valence-electron chi connectivity index (χ3n) is 4.86. The van der Waals surface area contributed by atoms with E-state index in [1.807, 2.05) is 24.3 Å². The second kappa shape index (κ2) is 8.32. The van der Waals surface area contributed by atoms with E-state index in [1.165, 1.54) is 5.56 Å². The zero-order valence-corrected chi connectivity index (χ0v) is 14.6. The maximum Gasteiger partial charge on any atom is 0.238 e. The summed E-state index contributed by atoms with van der Waals surface area (Å²) in [5.74, 6) is 0.580. The number of aryl methyl sites for hydroxylation is 1. The van der Waals surface area contributed by atoms with Gasteiger partial charge < -0.3 is 14.8 Å². The van der Waals surface area contributed by atoms with Gasteiger partial charge in [0.05, 0.1) is 12.8 Å². The molecule has 2 heterocycles. The van der Waals surface area contributed by atoms with Gasteiger partial charge in [0.1, 0.15) is 11.9 Å². The fourth-order valence-corrected chi connectivity index (χ4v) is 3.43. The topological polar surface area (TPSA) is 65.7 Å². The van der Waals surface area contributed by atoms with Gasteiger partial charge in [0.15, 0.2) is 0 Å². The largest absolute Gasteiger partial charge is 0.467 e. The Labute approximate surface area is 148 Å². The summed E-state index contributed by atoms with van der Waals surface area (Å²) in [6, 6.07) is 11.7. The number of rotatable bonds is 7. The second-order valence-electron chi connectivity index (χ2n) is 6.63. The Morgan fingerprint density at radius 2 is 2.16 bits per heavy atom. The predicted octanol–water partition coefficient (Wildman–Crippen LogP) is 3.37. The Balaban J connectivity index is 1.52. The summed E-state index contributed by atoms with van der Waals surface area (Å²) in [4.78, 5) is 14.5. The maximum atomic E-state index is 12.3. The number of nitrogens with zero attached hydrogens (tertiary/aromatic N) is 1. The van der Waals surface area contributed by atoms with Gasteiger partial charge in [-0.1, -0.05) is 19.1 Å². The van der Waals surface area contributed by atoms with Crippen LogP contribution in [0.1, 0.15) is 43.6 Å². The molecule has 2 atom stereocenters. The summed E-state index contributed by atoms with van der Waals surface area (Å²) >= 11 is 0. The Bertz CT molecular complexity index is 667. The molecule has 0 saturated carbocycles. The number of amides is 1. The van der Waals surface area contributed by atoms with E-state index < -0.39 is 6.10 Å². The van der Waals surface area contributed by atoms with Gasteiger partial charge in [0, 0.05) is 11.7 Å². The van der Waals surface area contributed by atoms with Crippen molar-refractivity contribution in [2.45, 2.75) is 44.8 Å². The average Bonchev–Trinajstić information content (AvgIpc) is 3.28. The average molecular weight is 342 g/mol. The van der Waals surface area contributed by atoms with Gasteiger partial charge in [-0.2, -0.15) is 0 Å². The predicted molar refractivity (Wildman–Crippen MR) is 97.3 cm³/mol. The third kappa shape index (κ3) is 4.71. The van der Waals surface area contributed by atoms with Gasteiger partial charge in [-0.25, -0.2) is 0 Å². The Morgan fingerprint density at radius 1 is 1.36 bits per heavy atom. The van der Waals surface area contributed by atoms with Gasteiger partial charge in [-0.15, -0.1) is 0 Å². The lowest BCUT2D eigenvalue weighted by atomic mass is 10.1. The molecule has 1 aromatic carbocycles. The van der Waals surface area contributed by atoms with Crippen molar-refractivity contribution < 1.29 is 14.3 Å². The molecule has 25 heavy (non-hydrogen) atoms. The molecule has 1 aromatic heterocycles. The van der Waals surface area contributed by atoms with Crippen molar-refractivity contribution in [1.82, 2.24) is 4.90 Å². The van der Waals surface area contributed by atoms with Crippen molar-refractivity contribution in [1.29, 1.82) is 0 Å². The van der Waals surface area contributed by atoms with Crippen LogP contribution in [0, 0.1) is 0 Å². The second-order valence-corrected chi connectivity index (χ2v) is 6.63. The molecule has 0 spiro atoms. The molecular weight excluding hydrogens is 316 g/mol. The van der Waals surface area contributed by atoms with Gasteiger partial charge >= 0.3 is 0 Å². The van der Waals surface area contributed by atoms with Crippen LogP contribution in [0.2, 0.25) is 0 Å². The SMILES string of the molecule is CCc1ccc(NC(=O)CN2CCCC2CC(O)c2ccco2)cc1. The van der Waals surface area contributed by atoms with E-state index >= 15 is 0 Å². The highest BCUT2D eigenvalue weighted by atomic mass is 16.4. The Morgan fingerprint density at radius 3 is 2.84 bits per heavy atom. The number of hydrogen-bond donors (Lipinski definition) is 2. The van der Waals surface area contributed by atoms with Crippen molar-refractivity contribution >= 4 is 11.6 Å². The molecule has 2 unspecified atom stereocenters. The van der Waals surface area contributed by atoms with Crippen molar-refractivity contribution in [3.05, 3.63) is 54.0 Å². The van der Waals surface area contributed by atoms with Crippen LogP contribution in [0.3, 0.4) is 0 Å². The lowest BCUT2D eigenvalue weighted by Crippen LogP contribution is -2.37. The number of likely N-dealkylation sites (tertiary alicyclic amines) is 1. The lowest BCUT2D eigenvalue weighted by Gasteiger charge is -2.25. The van der Waals surface area contributed by atoms with E-state index in [2.05, 4.69) is 17.1 Å². The first-order valence-corrected chi connectivity index (χ1v) is 9.00. The smallest absolute Gasteiger partial charge is 0.238 e.